The molecule has 1 heterocycles. The Bertz CT molecular complexity index is 487. The maximum Gasteiger partial charge on any atom is 0.173 e. The van der Waals surface area contributed by atoms with Crippen LogP contribution in [0.4, 0.5) is 14.6 Å². The van der Waals surface area contributed by atoms with E-state index in [-0.39, 0.29) is 4.47 Å². The van der Waals surface area contributed by atoms with E-state index in [1.165, 1.54) is 12.3 Å². The first-order valence-electron chi connectivity index (χ1n) is 4.03. The van der Waals surface area contributed by atoms with Gasteiger partial charge in [0.25, 0.3) is 0 Å². The number of anilines is 1. The van der Waals surface area contributed by atoms with Crippen molar-refractivity contribution in [1.29, 1.82) is 0 Å². The van der Waals surface area contributed by atoms with Crippen molar-refractivity contribution in [1.82, 2.24) is 10.2 Å². The SMILES string of the molecule is Nc1[nH]ncc1-c1cc(F)c(F)c(Br)c1. The molecule has 0 saturated carbocycles. The molecule has 3 nitrogen and oxygen atoms in total. The zero-order valence-corrected chi connectivity index (χ0v) is 8.98. The van der Waals surface area contributed by atoms with Crippen LogP contribution in [-0.4, -0.2) is 10.2 Å². The molecule has 0 unspecified atom stereocenters. The lowest BCUT2D eigenvalue weighted by molar-refractivity contribution is 0.504. The average Bonchev–Trinajstić information content (AvgIpc) is 2.60. The number of nitrogens with one attached hydrogen (secondary N) is 1. The first-order valence-corrected chi connectivity index (χ1v) is 4.82. The number of hydrogen-bond acceptors (Lipinski definition) is 2. The quantitative estimate of drug-likeness (QED) is 0.785. The smallest absolute Gasteiger partial charge is 0.173 e. The van der Waals surface area contributed by atoms with E-state index in [2.05, 4.69) is 26.1 Å². The summed E-state index contributed by atoms with van der Waals surface area (Å²) in [5.74, 6) is -1.53. The van der Waals surface area contributed by atoms with E-state index in [0.29, 0.717) is 16.9 Å². The third kappa shape index (κ3) is 1.72. The Morgan fingerprint density at radius 3 is 2.60 bits per heavy atom. The number of hydrogen-bond donors (Lipinski definition) is 2. The summed E-state index contributed by atoms with van der Waals surface area (Å²) in [5, 5.41) is 6.22. The number of benzene rings is 1. The Morgan fingerprint density at radius 1 is 1.33 bits per heavy atom. The number of nitrogens with two attached hydrogens (primary N) is 1. The monoisotopic (exact) mass is 273 g/mol. The van der Waals surface area contributed by atoms with Gasteiger partial charge in [-0.25, -0.2) is 8.78 Å². The van der Waals surface area contributed by atoms with Crippen LogP contribution in [0.3, 0.4) is 0 Å². The van der Waals surface area contributed by atoms with Crippen LogP contribution in [0.15, 0.2) is 22.8 Å². The van der Waals surface area contributed by atoms with Gasteiger partial charge < -0.3 is 5.73 Å². The highest BCUT2D eigenvalue weighted by molar-refractivity contribution is 9.10. The summed E-state index contributed by atoms with van der Waals surface area (Å²) in [6.45, 7) is 0. The molecular formula is C9H6BrF2N3. The molecule has 3 N–H and O–H groups in total. The number of aromatic nitrogens is 2. The summed E-state index contributed by atoms with van der Waals surface area (Å²) in [7, 11) is 0. The number of halogens is 3. The Hall–Kier alpha value is -1.43. The molecule has 1 aromatic heterocycles. The topological polar surface area (TPSA) is 54.7 Å². The highest BCUT2D eigenvalue weighted by atomic mass is 79.9. The van der Waals surface area contributed by atoms with E-state index in [1.807, 2.05) is 0 Å². The number of H-pyrrole nitrogens is 1. The maximum absolute atomic E-state index is 13.1. The molecular weight excluding hydrogens is 268 g/mol. The summed E-state index contributed by atoms with van der Waals surface area (Å²) < 4.78 is 26.1. The lowest BCUT2D eigenvalue weighted by Crippen LogP contribution is -1.91. The predicted molar refractivity (Wildman–Crippen MR) is 56.1 cm³/mol. The molecule has 0 spiro atoms. The molecule has 0 saturated heterocycles. The van der Waals surface area contributed by atoms with Gasteiger partial charge >= 0.3 is 0 Å². The van der Waals surface area contributed by atoms with E-state index in [9.17, 15) is 8.78 Å². The Morgan fingerprint density at radius 2 is 2.07 bits per heavy atom. The summed E-state index contributed by atoms with van der Waals surface area (Å²) in [6, 6.07) is 2.51. The zero-order chi connectivity index (χ0) is 11.0. The molecule has 15 heavy (non-hydrogen) atoms. The van der Waals surface area contributed by atoms with Gasteiger partial charge in [0.1, 0.15) is 5.82 Å². The van der Waals surface area contributed by atoms with Gasteiger partial charge in [0.05, 0.1) is 10.7 Å². The van der Waals surface area contributed by atoms with E-state index in [1.54, 1.807) is 0 Å². The summed E-state index contributed by atoms with van der Waals surface area (Å²) in [6.07, 6.45) is 1.45. The number of aromatic amines is 1. The van der Waals surface area contributed by atoms with Gasteiger partial charge in [-0.05, 0) is 33.6 Å². The van der Waals surface area contributed by atoms with E-state index in [0.717, 1.165) is 6.07 Å². The van der Waals surface area contributed by atoms with Gasteiger partial charge in [-0.3, -0.25) is 5.10 Å². The second-order valence-electron chi connectivity index (χ2n) is 2.95. The van der Waals surface area contributed by atoms with Crippen LogP contribution < -0.4 is 5.73 Å². The van der Waals surface area contributed by atoms with E-state index < -0.39 is 11.6 Å². The predicted octanol–water partition coefficient (Wildman–Crippen LogP) is 2.70. The Balaban J connectivity index is 2.60. The minimum atomic E-state index is -0.931. The second-order valence-corrected chi connectivity index (χ2v) is 3.81. The third-order valence-electron chi connectivity index (χ3n) is 1.96. The van der Waals surface area contributed by atoms with Gasteiger partial charge in [-0.15, -0.1) is 0 Å². The van der Waals surface area contributed by atoms with Crippen LogP contribution in [-0.2, 0) is 0 Å². The normalized spacial score (nSPS) is 10.6. The maximum atomic E-state index is 13.1. The van der Waals surface area contributed by atoms with Crippen LogP contribution in [0, 0.1) is 11.6 Å². The summed E-state index contributed by atoms with van der Waals surface area (Å²) in [4.78, 5) is 0. The van der Waals surface area contributed by atoms with Gasteiger partial charge in [0, 0.05) is 5.56 Å². The number of nitrogen functional groups attached to an aromatic ring is 1. The van der Waals surface area contributed by atoms with Crippen LogP contribution in [0.5, 0.6) is 0 Å². The molecule has 0 amide bonds. The molecule has 0 fully saturated rings. The van der Waals surface area contributed by atoms with Crippen molar-refractivity contribution in [2.45, 2.75) is 0 Å². The van der Waals surface area contributed by atoms with Crippen LogP contribution in [0.2, 0.25) is 0 Å². The molecule has 0 bridgehead atoms. The Labute approximate surface area is 92.4 Å². The molecule has 78 valence electrons. The average molecular weight is 274 g/mol. The largest absolute Gasteiger partial charge is 0.384 e. The highest BCUT2D eigenvalue weighted by Crippen LogP contribution is 2.29. The lowest BCUT2D eigenvalue weighted by Gasteiger charge is -2.02. The van der Waals surface area contributed by atoms with Crippen LogP contribution >= 0.6 is 15.9 Å². The van der Waals surface area contributed by atoms with Crippen LogP contribution in [0.1, 0.15) is 0 Å². The molecule has 0 aliphatic rings. The second kappa shape index (κ2) is 3.62. The van der Waals surface area contributed by atoms with E-state index >= 15 is 0 Å². The summed E-state index contributed by atoms with van der Waals surface area (Å²) in [5.41, 5.74) is 6.56. The molecule has 0 aliphatic carbocycles. The first-order chi connectivity index (χ1) is 7.09. The minimum Gasteiger partial charge on any atom is -0.384 e. The van der Waals surface area contributed by atoms with Crippen LogP contribution in [0.25, 0.3) is 11.1 Å². The fourth-order valence-electron chi connectivity index (χ4n) is 1.24. The van der Waals surface area contributed by atoms with Gasteiger partial charge in [0.15, 0.2) is 11.6 Å². The van der Waals surface area contributed by atoms with Crippen molar-refractivity contribution < 1.29 is 8.78 Å². The van der Waals surface area contributed by atoms with Gasteiger partial charge in [-0.2, -0.15) is 5.10 Å². The standard InChI is InChI=1S/C9H6BrF2N3/c10-6-1-4(2-7(11)8(6)12)5-3-14-15-9(5)13/h1-3H,(H3,13,14,15). The van der Waals surface area contributed by atoms with Crippen molar-refractivity contribution in [3.8, 4) is 11.1 Å². The summed E-state index contributed by atoms with van der Waals surface area (Å²) >= 11 is 2.92. The first kappa shape index (κ1) is 10.1. The molecule has 6 heteroatoms. The van der Waals surface area contributed by atoms with Crippen molar-refractivity contribution in [2.24, 2.45) is 0 Å². The van der Waals surface area contributed by atoms with Crippen molar-refractivity contribution in [2.75, 3.05) is 5.73 Å². The molecule has 0 atom stereocenters. The number of nitrogens with zero attached hydrogens (tertiary/aromatic N) is 1. The molecule has 2 rings (SSSR count). The van der Waals surface area contributed by atoms with E-state index in [4.69, 9.17) is 5.73 Å². The van der Waals surface area contributed by atoms with Crippen molar-refractivity contribution in [3.63, 3.8) is 0 Å². The molecule has 0 aliphatic heterocycles. The van der Waals surface area contributed by atoms with Crippen molar-refractivity contribution in [3.05, 3.63) is 34.4 Å². The fourth-order valence-corrected chi connectivity index (χ4v) is 1.67. The fraction of sp³-hybridized carbons (Fsp3) is 0. The minimum absolute atomic E-state index is 0.0538. The lowest BCUT2D eigenvalue weighted by atomic mass is 10.1. The van der Waals surface area contributed by atoms with Crippen molar-refractivity contribution >= 4 is 21.7 Å². The molecule has 0 radical (unpaired) electrons. The number of rotatable bonds is 1. The molecule has 1 aromatic carbocycles. The Kier molecular flexibility index (Phi) is 2.44. The zero-order valence-electron chi connectivity index (χ0n) is 7.39. The van der Waals surface area contributed by atoms with Gasteiger partial charge in [0.2, 0.25) is 0 Å². The van der Waals surface area contributed by atoms with Gasteiger partial charge in [-0.1, -0.05) is 0 Å². The third-order valence-corrected chi connectivity index (χ3v) is 2.54. The highest BCUT2D eigenvalue weighted by Gasteiger charge is 2.12. The molecule has 2 aromatic rings.